The van der Waals surface area contributed by atoms with E-state index in [9.17, 15) is 4.39 Å². The van der Waals surface area contributed by atoms with Crippen LogP contribution in [-0.2, 0) is 0 Å². The molecule has 1 spiro atoms. The Morgan fingerprint density at radius 3 is 2.42 bits per heavy atom. The second-order valence-corrected chi connectivity index (χ2v) is 5.99. The van der Waals surface area contributed by atoms with Gasteiger partial charge < -0.3 is 4.90 Å². The second kappa shape index (κ2) is 5.49. The molecule has 0 aromatic heterocycles. The van der Waals surface area contributed by atoms with Gasteiger partial charge in [0.1, 0.15) is 0 Å². The van der Waals surface area contributed by atoms with E-state index in [1.165, 1.54) is 25.8 Å². The highest BCUT2D eigenvalue weighted by molar-refractivity contribution is 5.27. The largest absolute Gasteiger partial charge is 0.363 e. The maximum atomic E-state index is 12.9. The molecule has 1 heterocycles. The lowest BCUT2D eigenvalue weighted by Gasteiger charge is -2.45. The lowest BCUT2D eigenvalue weighted by molar-refractivity contribution is 0.0688. The zero-order valence-corrected chi connectivity index (χ0v) is 12.3. The summed E-state index contributed by atoms with van der Waals surface area (Å²) in [6, 6.07) is 0.601. The van der Waals surface area contributed by atoms with Crippen LogP contribution in [0.15, 0.2) is 36.3 Å². The molecule has 0 atom stereocenters. The summed E-state index contributed by atoms with van der Waals surface area (Å²) in [5.74, 6) is -0.162. The third kappa shape index (κ3) is 3.08. The maximum absolute atomic E-state index is 12.9. The van der Waals surface area contributed by atoms with Crippen LogP contribution in [0.1, 0.15) is 33.6 Å². The van der Waals surface area contributed by atoms with Crippen molar-refractivity contribution in [1.29, 1.82) is 0 Å². The summed E-state index contributed by atoms with van der Waals surface area (Å²) < 4.78 is 12.9. The second-order valence-electron chi connectivity index (χ2n) is 5.99. The first-order valence-electron chi connectivity index (χ1n) is 7.17. The van der Waals surface area contributed by atoms with Crippen molar-refractivity contribution in [2.24, 2.45) is 0 Å². The van der Waals surface area contributed by atoms with Gasteiger partial charge >= 0.3 is 0 Å². The van der Waals surface area contributed by atoms with Gasteiger partial charge in [-0.05, 0) is 51.8 Å². The highest BCUT2D eigenvalue weighted by Crippen LogP contribution is 2.46. The lowest BCUT2D eigenvalue weighted by atomic mass is 10.1. The van der Waals surface area contributed by atoms with Gasteiger partial charge in [-0.2, -0.15) is 0 Å². The highest BCUT2D eigenvalue weighted by Gasteiger charge is 2.51. The van der Waals surface area contributed by atoms with Crippen LogP contribution in [0.4, 0.5) is 4.39 Å². The summed E-state index contributed by atoms with van der Waals surface area (Å²) >= 11 is 0. The number of piperazine rings is 1. The summed E-state index contributed by atoms with van der Waals surface area (Å²) in [6.07, 6.45) is 7.71. The molecule has 1 aliphatic carbocycles. The monoisotopic (exact) mass is 264 g/mol. The molecule has 0 bridgehead atoms. The molecule has 2 aliphatic rings. The van der Waals surface area contributed by atoms with E-state index >= 15 is 0 Å². The fourth-order valence-corrected chi connectivity index (χ4v) is 2.89. The fourth-order valence-electron chi connectivity index (χ4n) is 2.89. The van der Waals surface area contributed by atoms with E-state index in [1.54, 1.807) is 0 Å². The van der Waals surface area contributed by atoms with Gasteiger partial charge in [0.05, 0.1) is 11.4 Å². The fraction of sp³-hybridized carbons (Fsp3) is 0.625. The van der Waals surface area contributed by atoms with E-state index in [0.717, 1.165) is 25.3 Å². The van der Waals surface area contributed by atoms with E-state index in [2.05, 4.69) is 30.2 Å². The normalized spacial score (nSPS) is 24.2. The summed E-state index contributed by atoms with van der Waals surface area (Å²) in [5.41, 5.74) is 1.33. The molecule has 19 heavy (non-hydrogen) atoms. The highest BCUT2D eigenvalue weighted by atomic mass is 19.1. The van der Waals surface area contributed by atoms with Crippen molar-refractivity contribution in [3.05, 3.63) is 36.3 Å². The third-order valence-corrected chi connectivity index (χ3v) is 4.24. The average Bonchev–Trinajstić information content (AvgIpc) is 3.11. The van der Waals surface area contributed by atoms with Crippen molar-refractivity contribution in [1.82, 2.24) is 9.80 Å². The Kier molecular flexibility index (Phi) is 4.14. The van der Waals surface area contributed by atoms with E-state index in [1.807, 2.05) is 12.2 Å². The Labute approximate surface area is 116 Å². The van der Waals surface area contributed by atoms with Gasteiger partial charge in [0, 0.05) is 31.4 Å². The van der Waals surface area contributed by atoms with Crippen LogP contribution >= 0.6 is 0 Å². The molecule has 2 rings (SSSR count). The van der Waals surface area contributed by atoms with Gasteiger partial charge in [0.2, 0.25) is 0 Å². The van der Waals surface area contributed by atoms with Crippen molar-refractivity contribution in [3.8, 4) is 0 Å². The van der Waals surface area contributed by atoms with Gasteiger partial charge in [0.15, 0.2) is 0 Å². The number of rotatable bonds is 4. The van der Waals surface area contributed by atoms with Crippen molar-refractivity contribution in [2.75, 3.05) is 19.6 Å². The zero-order chi connectivity index (χ0) is 14.0. The van der Waals surface area contributed by atoms with Crippen LogP contribution in [-0.4, -0.2) is 41.0 Å². The van der Waals surface area contributed by atoms with Crippen LogP contribution in [0.2, 0.25) is 0 Å². The predicted molar refractivity (Wildman–Crippen MR) is 78.5 cm³/mol. The molecule has 1 saturated heterocycles. The van der Waals surface area contributed by atoms with E-state index in [-0.39, 0.29) is 11.4 Å². The summed E-state index contributed by atoms with van der Waals surface area (Å²) in [6.45, 7) is 13.1. The molecule has 0 unspecified atom stereocenters. The minimum Gasteiger partial charge on any atom is -0.363 e. The van der Waals surface area contributed by atoms with Gasteiger partial charge in [-0.3, -0.25) is 4.90 Å². The molecule has 0 radical (unpaired) electrons. The van der Waals surface area contributed by atoms with Crippen LogP contribution in [0.3, 0.4) is 0 Å². The maximum Gasteiger partial charge on any atom is 0.0969 e. The van der Waals surface area contributed by atoms with Crippen LogP contribution < -0.4 is 0 Å². The third-order valence-electron chi connectivity index (χ3n) is 4.24. The van der Waals surface area contributed by atoms with Gasteiger partial charge in [-0.25, -0.2) is 4.39 Å². The molecule has 2 fully saturated rings. The van der Waals surface area contributed by atoms with Gasteiger partial charge in [-0.15, -0.1) is 0 Å². The molecular weight excluding hydrogens is 239 g/mol. The number of allylic oxidation sites excluding steroid dienone is 4. The Hall–Kier alpha value is -1.09. The number of hydrogen-bond acceptors (Lipinski definition) is 2. The predicted octanol–water partition coefficient (Wildman–Crippen LogP) is 3.49. The van der Waals surface area contributed by atoms with E-state index in [0.29, 0.717) is 6.04 Å². The SMILES string of the molecule is C=C/C(=C\C=C(/C)F)N1CCN(C(C)C)CC12CC2. The average molecular weight is 264 g/mol. The number of nitrogens with zero attached hydrogens (tertiary/aromatic N) is 2. The number of halogens is 1. The first-order valence-corrected chi connectivity index (χ1v) is 7.17. The quantitative estimate of drug-likeness (QED) is 0.717. The summed E-state index contributed by atoms with van der Waals surface area (Å²) in [7, 11) is 0. The molecule has 1 saturated carbocycles. The van der Waals surface area contributed by atoms with Gasteiger partial charge in [0.25, 0.3) is 0 Å². The lowest BCUT2D eigenvalue weighted by Crippen LogP contribution is -2.55. The molecule has 0 N–H and O–H groups in total. The Morgan fingerprint density at radius 1 is 1.26 bits per heavy atom. The molecular formula is C16H25FN2. The van der Waals surface area contributed by atoms with Gasteiger partial charge in [-0.1, -0.05) is 6.58 Å². The summed E-state index contributed by atoms with van der Waals surface area (Å²) in [5, 5.41) is 0. The van der Waals surface area contributed by atoms with E-state index < -0.39 is 0 Å². The van der Waals surface area contributed by atoms with Crippen molar-refractivity contribution in [2.45, 2.75) is 45.2 Å². The molecule has 0 aromatic carbocycles. The standard InChI is InChI=1S/C16H25FN2/c1-5-15(7-6-14(4)17)19-11-10-18(13(2)3)12-16(19)8-9-16/h5-7,13H,1,8-12H2,2-4H3/b14-6+,15-7+. The smallest absolute Gasteiger partial charge is 0.0969 e. The topological polar surface area (TPSA) is 6.48 Å². The van der Waals surface area contributed by atoms with Crippen molar-refractivity contribution >= 4 is 0 Å². The van der Waals surface area contributed by atoms with Crippen LogP contribution in [0.25, 0.3) is 0 Å². The molecule has 0 amide bonds. The first-order chi connectivity index (χ1) is 8.98. The summed E-state index contributed by atoms with van der Waals surface area (Å²) in [4.78, 5) is 4.97. The van der Waals surface area contributed by atoms with Crippen molar-refractivity contribution in [3.63, 3.8) is 0 Å². The minimum absolute atomic E-state index is 0.162. The Bertz CT molecular complexity index is 401. The minimum atomic E-state index is -0.162. The Morgan fingerprint density at radius 2 is 1.95 bits per heavy atom. The molecule has 3 heteroatoms. The van der Waals surface area contributed by atoms with Crippen LogP contribution in [0.5, 0.6) is 0 Å². The van der Waals surface area contributed by atoms with Crippen molar-refractivity contribution < 1.29 is 4.39 Å². The number of hydrogen-bond donors (Lipinski definition) is 0. The first kappa shape index (κ1) is 14.3. The molecule has 106 valence electrons. The zero-order valence-electron chi connectivity index (χ0n) is 12.3. The molecule has 0 aromatic rings. The molecule has 1 aliphatic heterocycles. The molecule has 2 nitrogen and oxygen atoms in total. The van der Waals surface area contributed by atoms with E-state index in [4.69, 9.17) is 0 Å². The Balaban J connectivity index is 2.15. The van der Waals surface area contributed by atoms with Crippen LogP contribution in [0, 0.1) is 0 Å².